The van der Waals surface area contributed by atoms with Crippen molar-refractivity contribution >= 4 is 11.9 Å². The molecule has 2 rings (SSSR count). The summed E-state index contributed by atoms with van der Waals surface area (Å²) in [6, 6.07) is 8.68. The van der Waals surface area contributed by atoms with Crippen LogP contribution < -0.4 is 5.32 Å². The fraction of sp³-hybridized carbons (Fsp3) is 0.294. The van der Waals surface area contributed by atoms with Crippen molar-refractivity contribution in [3.05, 3.63) is 59.0 Å². The van der Waals surface area contributed by atoms with Crippen LogP contribution in [0.4, 0.5) is 0 Å². The third-order valence-electron chi connectivity index (χ3n) is 3.14. The van der Waals surface area contributed by atoms with Gasteiger partial charge in [0.2, 0.25) is 0 Å². The molecule has 5 heteroatoms. The predicted molar refractivity (Wildman–Crippen MR) is 81.5 cm³/mol. The molecule has 0 unspecified atom stereocenters. The average Bonchev–Trinajstić information content (AvgIpc) is 2.98. The third-order valence-corrected chi connectivity index (χ3v) is 3.14. The summed E-state index contributed by atoms with van der Waals surface area (Å²) in [5, 5.41) is 2.70. The number of aryl methyl sites for hydroxylation is 2. The zero-order valence-electron chi connectivity index (χ0n) is 12.9. The van der Waals surface area contributed by atoms with E-state index in [9.17, 15) is 9.59 Å². The molecule has 2 aromatic rings. The van der Waals surface area contributed by atoms with Crippen LogP contribution in [0, 0.1) is 13.8 Å². The zero-order chi connectivity index (χ0) is 16.1. The molecule has 0 aliphatic heterocycles. The van der Waals surface area contributed by atoms with Crippen LogP contribution in [0.3, 0.4) is 0 Å². The van der Waals surface area contributed by atoms with Gasteiger partial charge in [0.05, 0.1) is 17.9 Å². The largest absolute Gasteiger partial charge is 0.467 e. The molecule has 1 N–H and O–H groups in total. The molecule has 0 aliphatic carbocycles. The van der Waals surface area contributed by atoms with Crippen molar-refractivity contribution in [2.75, 3.05) is 6.61 Å². The summed E-state index contributed by atoms with van der Waals surface area (Å²) >= 11 is 0. The van der Waals surface area contributed by atoms with Gasteiger partial charge in [-0.05, 0) is 45.0 Å². The molecule has 0 fully saturated rings. The SMILES string of the molecule is Cc1cc(C)cc(C(=O)OCC(=O)N[C@H](C)c2ccco2)c1. The summed E-state index contributed by atoms with van der Waals surface area (Å²) in [5.41, 5.74) is 2.40. The minimum Gasteiger partial charge on any atom is -0.467 e. The molecule has 0 saturated heterocycles. The summed E-state index contributed by atoms with van der Waals surface area (Å²) in [5.74, 6) is -0.233. The third kappa shape index (κ3) is 4.22. The predicted octanol–water partition coefficient (Wildman–Crippen LogP) is 2.93. The van der Waals surface area contributed by atoms with Crippen LogP contribution in [0.5, 0.6) is 0 Å². The van der Waals surface area contributed by atoms with Crippen molar-refractivity contribution in [2.45, 2.75) is 26.8 Å². The van der Waals surface area contributed by atoms with Gasteiger partial charge in [0.25, 0.3) is 5.91 Å². The Kier molecular flexibility index (Phi) is 4.99. The van der Waals surface area contributed by atoms with Crippen LogP contribution in [0.1, 0.15) is 40.2 Å². The Bertz CT molecular complexity index is 641. The van der Waals surface area contributed by atoms with E-state index in [1.165, 1.54) is 6.26 Å². The number of carbonyl (C=O) groups excluding carboxylic acids is 2. The Balaban J connectivity index is 1.86. The fourth-order valence-electron chi connectivity index (χ4n) is 2.20. The Hall–Kier alpha value is -2.56. The van der Waals surface area contributed by atoms with Crippen molar-refractivity contribution in [3.8, 4) is 0 Å². The quantitative estimate of drug-likeness (QED) is 0.862. The molecule has 1 aromatic heterocycles. The smallest absolute Gasteiger partial charge is 0.338 e. The Morgan fingerprint density at radius 1 is 1.23 bits per heavy atom. The first-order valence-electron chi connectivity index (χ1n) is 7.04. The maximum Gasteiger partial charge on any atom is 0.338 e. The molecule has 116 valence electrons. The van der Waals surface area contributed by atoms with Gasteiger partial charge in [-0.1, -0.05) is 17.2 Å². The highest BCUT2D eigenvalue weighted by molar-refractivity contribution is 5.91. The highest BCUT2D eigenvalue weighted by Gasteiger charge is 2.14. The first-order chi connectivity index (χ1) is 10.5. The summed E-state index contributed by atoms with van der Waals surface area (Å²) in [6.45, 7) is 5.28. The second-order valence-corrected chi connectivity index (χ2v) is 5.26. The lowest BCUT2D eigenvalue weighted by Gasteiger charge is -2.11. The molecule has 0 radical (unpaired) electrons. The van der Waals surface area contributed by atoms with Gasteiger partial charge in [0.1, 0.15) is 5.76 Å². The van der Waals surface area contributed by atoms with Crippen LogP contribution >= 0.6 is 0 Å². The molecular weight excluding hydrogens is 282 g/mol. The van der Waals surface area contributed by atoms with Crippen LogP contribution in [-0.2, 0) is 9.53 Å². The lowest BCUT2D eigenvalue weighted by molar-refractivity contribution is -0.125. The van der Waals surface area contributed by atoms with Crippen molar-refractivity contribution < 1.29 is 18.7 Å². The molecule has 1 aromatic carbocycles. The number of carbonyl (C=O) groups is 2. The van der Waals surface area contributed by atoms with Crippen LogP contribution in [0.2, 0.25) is 0 Å². The van der Waals surface area contributed by atoms with Gasteiger partial charge in [-0.25, -0.2) is 4.79 Å². The summed E-state index contributed by atoms with van der Waals surface area (Å²) < 4.78 is 10.2. The minimum atomic E-state index is -0.507. The zero-order valence-corrected chi connectivity index (χ0v) is 12.9. The number of nitrogens with one attached hydrogen (secondary N) is 1. The first kappa shape index (κ1) is 15.8. The van der Waals surface area contributed by atoms with E-state index in [-0.39, 0.29) is 18.6 Å². The number of esters is 1. The minimum absolute atomic E-state index is 0.276. The lowest BCUT2D eigenvalue weighted by Crippen LogP contribution is -2.31. The first-order valence-corrected chi connectivity index (χ1v) is 7.04. The van der Waals surface area contributed by atoms with E-state index >= 15 is 0 Å². The monoisotopic (exact) mass is 301 g/mol. The van der Waals surface area contributed by atoms with E-state index in [0.717, 1.165) is 11.1 Å². The van der Waals surface area contributed by atoms with Crippen LogP contribution in [-0.4, -0.2) is 18.5 Å². The van der Waals surface area contributed by atoms with E-state index < -0.39 is 5.97 Å². The van der Waals surface area contributed by atoms with Gasteiger partial charge < -0.3 is 14.5 Å². The number of hydrogen-bond acceptors (Lipinski definition) is 4. The normalized spacial score (nSPS) is 11.8. The Morgan fingerprint density at radius 2 is 1.91 bits per heavy atom. The molecule has 1 amide bonds. The fourth-order valence-corrected chi connectivity index (χ4v) is 2.20. The number of amides is 1. The summed E-state index contributed by atoms with van der Waals surface area (Å²) in [6.07, 6.45) is 1.54. The second kappa shape index (κ2) is 6.93. The van der Waals surface area contributed by atoms with Crippen molar-refractivity contribution in [1.82, 2.24) is 5.32 Å². The molecule has 1 heterocycles. The standard InChI is InChI=1S/C17H19NO4/c1-11-7-12(2)9-14(8-11)17(20)22-10-16(19)18-13(3)15-5-4-6-21-15/h4-9,13H,10H2,1-3H3,(H,18,19)/t13-/m1/s1. The molecule has 1 atom stereocenters. The van der Waals surface area contributed by atoms with Gasteiger partial charge in [0, 0.05) is 0 Å². The topological polar surface area (TPSA) is 68.5 Å². The molecule has 0 aliphatic rings. The highest BCUT2D eigenvalue weighted by atomic mass is 16.5. The van der Waals surface area contributed by atoms with E-state index in [2.05, 4.69) is 5.32 Å². The van der Waals surface area contributed by atoms with Crippen LogP contribution in [0.25, 0.3) is 0 Å². The molecule has 0 saturated carbocycles. The highest BCUT2D eigenvalue weighted by Crippen LogP contribution is 2.12. The molecular formula is C17H19NO4. The number of benzene rings is 1. The van der Waals surface area contributed by atoms with E-state index in [1.807, 2.05) is 19.9 Å². The lowest BCUT2D eigenvalue weighted by atomic mass is 10.1. The van der Waals surface area contributed by atoms with Gasteiger partial charge in [-0.3, -0.25) is 4.79 Å². The van der Waals surface area contributed by atoms with Gasteiger partial charge in [-0.15, -0.1) is 0 Å². The van der Waals surface area contributed by atoms with Gasteiger partial charge in [0.15, 0.2) is 6.61 Å². The van der Waals surface area contributed by atoms with Gasteiger partial charge in [-0.2, -0.15) is 0 Å². The van der Waals surface area contributed by atoms with E-state index in [4.69, 9.17) is 9.15 Å². The Morgan fingerprint density at radius 3 is 2.50 bits per heavy atom. The number of rotatable bonds is 5. The number of furan rings is 1. The van der Waals surface area contributed by atoms with Gasteiger partial charge >= 0.3 is 5.97 Å². The van der Waals surface area contributed by atoms with E-state index in [1.54, 1.807) is 31.2 Å². The van der Waals surface area contributed by atoms with Crippen molar-refractivity contribution in [1.29, 1.82) is 0 Å². The average molecular weight is 301 g/mol. The second-order valence-electron chi connectivity index (χ2n) is 5.26. The van der Waals surface area contributed by atoms with Crippen LogP contribution in [0.15, 0.2) is 41.0 Å². The van der Waals surface area contributed by atoms with Crippen molar-refractivity contribution in [2.24, 2.45) is 0 Å². The summed E-state index contributed by atoms with van der Waals surface area (Å²) in [4.78, 5) is 23.7. The molecule has 5 nitrogen and oxygen atoms in total. The Labute approximate surface area is 129 Å². The molecule has 0 spiro atoms. The maximum absolute atomic E-state index is 11.9. The molecule has 22 heavy (non-hydrogen) atoms. The number of ether oxygens (including phenoxy) is 1. The van der Waals surface area contributed by atoms with Crippen molar-refractivity contribution in [3.63, 3.8) is 0 Å². The van der Waals surface area contributed by atoms with E-state index in [0.29, 0.717) is 11.3 Å². The number of hydrogen-bond donors (Lipinski definition) is 1. The summed E-state index contributed by atoms with van der Waals surface area (Å²) in [7, 11) is 0. The maximum atomic E-state index is 11.9. The molecule has 0 bridgehead atoms.